The number of aliphatic hydroxyl groups excluding tert-OH is 2. The molecule has 0 spiro atoms. The van der Waals surface area contributed by atoms with Gasteiger partial charge in [-0.15, -0.1) is 0 Å². The molecule has 0 saturated carbocycles. The summed E-state index contributed by atoms with van der Waals surface area (Å²) in [5.41, 5.74) is 5.58. The predicted octanol–water partition coefficient (Wildman–Crippen LogP) is -1.57. The minimum Gasteiger partial charge on any atom is -0.388 e. The monoisotopic (exact) mass is 177 g/mol. The van der Waals surface area contributed by atoms with E-state index in [1.165, 1.54) is 7.11 Å². The van der Waals surface area contributed by atoms with E-state index < -0.39 is 24.5 Å². The van der Waals surface area contributed by atoms with Crippen LogP contribution in [0.5, 0.6) is 0 Å². The number of hydrogen-bond acceptors (Lipinski definition) is 5. The van der Waals surface area contributed by atoms with Gasteiger partial charge in [-0.2, -0.15) is 0 Å². The first-order valence-corrected chi connectivity index (χ1v) is 3.88. The molecule has 0 aromatic rings. The Hall–Kier alpha value is -0.200. The zero-order chi connectivity index (χ0) is 9.30. The summed E-state index contributed by atoms with van der Waals surface area (Å²) in [6, 6.07) is -0.515. The highest BCUT2D eigenvalue weighted by Gasteiger charge is 2.40. The van der Waals surface area contributed by atoms with Gasteiger partial charge in [0.15, 0.2) is 6.29 Å². The molecule has 0 aliphatic carbocycles. The summed E-state index contributed by atoms with van der Waals surface area (Å²) in [6.07, 6.45) is -3.09. The van der Waals surface area contributed by atoms with E-state index in [0.717, 1.165) is 0 Å². The molecule has 1 aliphatic rings. The summed E-state index contributed by atoms with van der Waals surface area (Å²) in [5.74, 6) is 0. The van der Waals surface area contributed by atoms with E-state index in [-0.39, 0.29) is 6.10 Å². The van der Waals surface area contributed by atoms with Crippen LogP contribution in [0, 0.1) is 0 Å². The molecule has 0 radical (unpaired) electrons. The minimum atomic E-state index is -1.10. The van der Waals surface area contributed by atoms with Crippen molar-refractivity contribution in [3.63, 3.8) is 0 Å². The SMILES string of the molecule is CO[C@@H]1[C@H](O)[C@@H](N)[C@H](C)O[C@H]1O. The minimum absolute atomic E-state index is 0.360. The fourth-order valence-corrected chi connectivity index (χ4v) is 1.31. The zero-order valence-electron chi connectivity index (χ0n) is 7.18. The van der Waals surface area contributed by atoms with E-state index in [4.69, 9.17) is 15.2 Å². The molecular formula is C7H15NO4. The van der Waals surface area contributed by atoms with Gasteiger partial charge < -0.3 is 25.4 Å². The predicted molar refractivity (Wildman–Crippen MR) is 41.3 cm³/mol. The molecule has 72 valence electrons. The maximum absolute atomic E-state index is 9.49. The average molecular weight is 177 g/mol. The Kier molecular flexibility index (Phi) is 3.03. The maximum atomic E-state index is 9.49. The molecule has 4 N–H and O–H groups in total. The van der Waals surface area contributed by atoms with E-state index in [2.05, 4.69) is 0 Å². The molecule has 0 aromatic carbocycles. The molecule has 1 aliphatic heterocycles. The summed E-state index contributed by atoms with van der Waals surface area (Å²) < 4.78 is 9.85. The van der Waals surface area contributed by atoms with Crippen molar-refractivity contribution in [3.05, 3.63) is 0 Å². The fraction of sp³-hybridized carbons (Fsp3) is 1.00. The topological polar surface area (TPSA) is 84.9 Å². The second kappa shape index (κ2) is 3.68. The quantitative estimate of drug-likeness (QED) is 0.450. The standard InChI is InChI=1S/C7H15NO4/c1-3-4(8)5(9)6(11-2)7(10)12-3/h3-7,9-10H,8H2,1-2H3/t3-,4-,5+,6+,7+/m0/s1. The summed E-state index contributed by atoms with van der Waals surface area (Å²) >= 11 is 0. The molecule has 0 bridgehead atoms. The first kappa shape index (κ1) is 9.88. The van der Waals surface area contributed by atoms with E-state index >= 15 is 0 Å². The Morgan fingerprint density at radius 3 is 2.50 bits per heavy atom. The summed E-state index contributed by atoms with van der Waals surface area (Å²) in [6.45, 7) is 1.70. The van der Waals surface area contributed by atoms with Gasteiger partial charge in [0.05, 0.1) is 12.1 Å². The maximum Gasteiger partial charge on any atom is 0.184 e. The molecule has 5 nitrogen and oxygen atoms in total. The summed E-state index contributed by atoms with van der Waals surface area (Å²) in [7, 11) is 1.39. The fourth-order valence-electron chi connectivity index (χ4n) is 1.31. The lowest BCUT2D eigenvalue weighted by Crippen LogP contribution is -2.60. The van der Waals surface area contributed by atoms with Crippen LogP contribution in [-0.4, -0.2) is 48.0 Å². The van der Waals surface area contributed by atoms with Crippen molar-refractivity contribution < 1.29 is 19.7 Å². The Labute approximate surface area is 71.1 Å². The zero-order valence-corrected chi connectivity index (χ0v) is 7.18. The lowest BCUT2D eigenvalue weighted by Gasteiger charge is -2.39. The number of rotatable bonds is 1. The molecule has 0 unspecified atom stereocenters. The van der Waals surface area contributed by atoms with Gasteiger partial charge in [-0.3, -0.25) is 0 Å². The van der Waals surface area contributed by atoms with Crippen LogP contribution < -0.4 is 5.73 Å². The Morgan fingerprint density at radius 2 is 2.00 bits per heavy atom. The Morgan fingerprint density at radius 1 is 1.42 bits per heavy atom. The van der Waals surface area contributed by atoms with E-state index in [9.17, 15) is 10.2 Å². The third-order valence-electron chi connectivity index (χ3n) is 2.18. The van der Waals surface area contributed by atoms with Gasteiger partial charge in [0, 0.05) is 7.11 Å². The van der Waals surface area contributed by atoms with Gasteiger partial charge in [-0.05, 0) is 6.92 Å². The van der Waals surface area contributed by atoms with Crippen molar-refractivity contribution in [3.8, 4) is 0 Å². The smallest absolute Gasteiger partial charge is 0.184 e. The molecule has 0 aromatic heterocycles. The van der Waals surface area contributed by atoms with Gasteiger partial charge in [0.25, 0.3) is 0 Å². The Balaban J connectivity index is 2.65. The van der Waals surface area contributed by atoms with E-state index in [1.54, 1.807) is 6.92 Å². The Bertz CT molecular complexity index is 154. The van der Waals surface area contributed by atoms with Crippen LogP contribution in [0.1, 0.15) is 6.92 Å². The number of methoxy groups -OCH3 is 1. The lowest BCUT2D eigenvalue weighted by atomic mass is 9.98. The second-order valence-electron chi connectivity index (χ2n) is 3.00. The number of nitrogens with two attached hydrogens (primary N) is 1. The molecular weight excluding hydrogens is 162 g/mol. The van der Waals surface area contributed by atoms with Gasteiger partial charge in [-0.1, -0.05) is 0 Å². The first-order valence-electron chi connectivity index (χ1n) is 3.88. The molecule has 1 saturated heterocycles. The van der Waals surface area contributed by atoms with Crippen LogP contribution in [0.4, 0.5) is 0 Å². The highest BCUT2D eigenvalue weighted by molar-refractivity contribution is 4.90. The van der Waals surface area contributed by atoms with Crippen molar-refractivity contribution in [2.24, 2.45) is 5.73 Å². The van der Waals surface area contributed by atoms with Gasteiger partial charge in [-0.25, -0.2) is 0 Å². The van der Waals surface area contributed by atoms with Crippen LogP contribution in [0.15, 0.2) is 0 Å². The highest BCUT2D eigenvalue weighted by Crippen LogP contribution is 2.19. The molecule has 0 amide bonds. The summed E-state index contributed by atoms with van der Waals surface area (Å²) in [5, 5.41) is 18.8. The van der Waals surface area contributed by atoms with Crippen molar-refractivity contribution >= 4 is 0 Å². The van der Waals surface area contributed by atoms with Crippen molar-refractivity contribution in [2.45, 2.75) is 37.6 Å². The van der Waals surface area contributed by atoms with Crippen molar-refractivity contribution in [1.82, 2.24) is 0 Å². The highest BCUT2D eigenvalue weighted by atomic mass is 16.6. The average Bonchev–Trinajstić information content (AvgIpc) is 2.01. The molecule has 1 heterocycles. The number of aliphatic hydroxyl groups is 2. The first-order chi connectivity index (χ1) is 5.57. The molecule has 1 fully saturated rings. The van der Waals surface area contributed by atoms with Gasteiger partial charge >= 0.3 is 0 Å². The van der Waals surface area contributed by atoms with Crippen LogP contribution >= 0.6 is 0 Å². The second-order valence-corrected chi connectivity index (χ2v) is 3.00. The van der Waals surface area contributed by atoms with Crippen LogP contribution in [-0.2, 0) is 9.47 Å². The lowest BCUT2D eigenvalue weighted by molar-refractivity contribution is -0.256. The molecule has 5 heteroatoms. The van der Waals surface area contributed by atoms with E-state index in [0.29, 0.717) is 0 Å². The molecule has 12 heavy (non-hydrogen) atoms. The molecule has 1 rings (SSSR count). The largest absolute Gasteiger partial charge is 0.388 e. The van der Waals surface area contributed by atoms with Crippen LogP contribution in [0.25, 0.3) is 0 Å². The van der Waals surface area contributed by atoms with Crippen LogP contribution in [0.2, 0.25) is 0 Å². The van der Waals surface area contributed by atoms with Gasteiger partial charge in [0.1, 0.15) is 12.2 Å². The number of ether oxygens (including phenoxy) is 2. The van der Waals surface area contributed by atoms with Gasteiger partial charge in [0.2, 0.25) is 0 Å². The van der Waals surface area contributed by atoms with E-state index in [1.807, 2.05) is 0 Å². The molecule has 5 atom stereocenters. The summed E-state index contributed by atoms with van der Waals surface area (Å²) in [4.78, 5) is 0. The van der Waals surface area contributed by atoms with Crippen LogP contribution in [0.3, 0.4) is 0 Å². The number of hydrogen-bond donors (Lipinski definition) is 3. The van der Waals surface area contributed by atoms with Crippen molar-refractivity contribution in [1.29, 1.82) is 0 Å². The normalized spacial score (nSPS) is 49.2. The van der Waals surface area contributed by atoms with Crippen molar-refractivity contribution in [2.75, 3.05) is 7.11 Å². The third-order valence-corrected chi connectivity index (χ3v) is 2.18. The third kappa shape index (κ3) is 1.60.